The first-order valence-electron chi connectivity index (χ1n) is 7.83. The Morgan fingerprint density at radius 3 is 2.95 bits per heavy atom. The van der Waals surface area contributed by atoms with Crippen LogP contribution < -0.4 is 15.4 Å². The average Bonchev–Trinajstić information content (AvgIpc) is 2.82. The first kappa shape index (κ1) is 14.2. The minimum Gasteiger partial charge on any atom is -0.497 e. The number of ether oxygens (including phenoxy) is 1. The molecule has 1 aromatic rings. The molecule has 1 heterocycles. The lowest BCUT2D eigenvalue weighted by Crippen LogP contribution is -2.58. The van der Waals surface area contributed by atoms with Gasteiger partial charge in [-0.05, 0) is 30.4 Å². The molecule has 0 radical (unpaired) electrons. The molecule has 4 heteroatoms. The molecular formula is C17H25N3O. The van der Waals surface area contributed by atoms with E-state index in [1.165, 1.54) is 12.8 Å². The fraction of sp³-hybridized carbons (Fsp3) is 0.588. The van der Waals surface area contributed by atoms with E-state index in [-0.39, 0.29) is 5.54 Å². The third-order valence-corrected chi connectivity index (χ3v) is 5.47. The van der Waals surface area contributed by atoms with Crippen LogP contribution >= 0.6 is 0 Å². The van der Waals surface area contributed by atoms with E-state index in [0.717, 1.165) is 24.4 Å². The Labute approximate surface area is 127 Å². The molecular weight excluding hydrogens is 262 g/mol. The van der Waals surface area contributed by atoms with Gasteiger partial charge in [0.2, 0.25) is 0 Å². The lowest BCUT2D eigenvalue weighted by Gasteiger charge is -2.49. The topological polar surface area (TPSA) is 50.9 Å². The van der Waals surface area contributed by atoms with Crippen molar-refractivity contribution in [3.8, 4) is 5.75 Å². The van der Waals surface area contributed by atoms with Crippen LogP contribution in [0.2, 0.25) is 0 Å². The molecule has 21 heavy (non-hydrogen) atoms. The standard InChI is InChI=1S/C17H25N3O/c1-12-6-5-9-17(13(12)2)11-19-16(18)20(17)14-7-4-8-15(10-14)21-3/h4,7-8,10,12-13H,5-6,9,11H2,1-3H3,(H2,18,19). The minimum atomic E-state index is 0.0358. The van der Waals surface area contributed by atoms with Gasteiger partial charge in [0.25, 0.3) is 0 Å². The highest BCUT2D eigenvalue weighted by atomic mass is 16.5. The Morgan fingerprint density at radius 2 is 2.19 bits per heavy atom. The highest BCUT2D eigenvalue weighted by Crippen LogP contribution is 2.46. The van der Waals surface area contributed by atoms with Gasteiger partial charge in [0.15, 0.2) is 5.96 Å². The number of rotatable bonds is 2. The van der Waals surface area contributed by atoms with Crippen LogP contribution in [0, 0.1) is 11.8 Å². The molecule has 0 saturated heterocycles. The van der Waals surface area contributed by atoms with Crippen LogP contribution in [-0.2, 0) is 0 Å². The van der Waals surface area contributed by atoms with E-state index < -0.39 is 0 Å². The van der Waals surface area contributed by atoms with E-state index in [0.29, 0.717) is 17.8 Å². The summed E-state index contributed by atoms with van der Waals surface area (Å²) in [5, 5.41) is 0. The second-order valence-electron chi connectivity index (χ2n) is 6.47. The van der Waals surface area contributed by atoms with Crippen molar-refractivity contribution in [3.63, 3.8) is 0 Å². The van der Waals surface area contributed by atoms with E-state index in [9.17, 15) is 0 Å². The summed E-state index contributed by atoms with van der Waals surface area (Å²) in [6.45, 7) is 5.51. The van der Waals surface area contributed by atoms with Gasteiger partial charge in [-0.25, -0.2) is 0 Å². The number of methoxy groups -OCH3 is 1. The van der Waals surface area contributed by atoms with Crippen LogP contribution in [0.4, 0.5) is 5.69 Å². The number of nitrogens with two attached hydrogens (primary N) is 1. The normalized spacial score (nSPS) is 32.3. The Hall–Kier alpha value is -1.71. The van der Waals surface area contributed by atoms with Crippen molar-refractivity contribution < 1.29 is 4.74 Å². The predicted octanol–water partition coefficient (Wildman–Crippen LogP) is 3.02. The Bertz CT molecular complexity index is 557. The van der Waals surface area contributed by atoms with Crippen LogP contribution in [0.25, 0.3) is 0 Å². The predicted molar refractivity (Wildman–Crippen MR) is 86.9 cm³/mol. The Balaban J connectivity index is 2.02. The summed E-state index contributed by atoms with van der Waals surface area (Å²) in [6, 6.07) is 8.14. The zero-order valence-corrected chi connectivity index (χ0v) is 13.2. The van der Waals surface area contributed by atoms with Crippen molar-refractivity contribution in [1.82, 2.24) is 0 Å². The Kier molecular flexibility index (Phi) is 3.56. The van der Waals surface area contributed by atoms with Gasteiger partial charge in [-0.3, -0.25) is 4.99 Å². The molecule has 2 N–H and O–H groups in total. The summed E-state index contributed by atoms with van der Waals surface area (Å²) in [4.78, 5) is 6.85. The van der Waals surface area contributed by atoms with Crippen LogP contribution in [0.15, 0.2) is 29.3 Å². The van der Waals surface area contributed by atoms with Gasteiger partial charge in [-0.1, -0.05) is 32.8 Å². The van der Waals surface area contributed by atoms with E-state index in [4.69, 9.17) is 10.5 Å². The van der Waals surface area contributed by atoms with Crippen LogP contribution in [0.5, 0.6) is 5.75 Å². The van der Waals surface area contributed by atoms with E-state index in [2.05, 4.69) is 35.9 Å². The zero-order chi connectivity index (χ0) is 15.0. The fourth-order valence-electron chi connectivity index (χ4n) is 4.00. The molecule has 114 valence electrons. The largest absolute Gasteiger partial charge is 0.497 e. The summed E-state index contributed by atoms with van der Waals surface area (Å²) in [5.41, 5.74) is 7.38. The van der Waals surface area contributed by atoms with Gasteiger partial charge in [-0.15, -0.1) is 0 Å². The van der Waals surface area contributed by atoms with Gasteiger partial charge in [0.05, 0.1) is 19.2 Å². The average molecular weight is 287 g/mol. The summed E-state index contributed by atoms with van der Waals surface area (Å²) in [5.74, 6) is 2.78. The number of nitrogens with zero attached hydrogens (tertiary/aromatic N) is 2. The molecule has 1 saturated carbocycles. The summed E-state index contributed by atoms with van der Waals surface area (Å²) < 4.78 is 5.37. The first-order chi connectivity index (χ1) is 10.1. The maximum atomic E-state index is 6.25. The number of benzene rings is 1. The van der Waals surface area contributed by atoms with Crippen LogP contribution in [0.1, 0.15) is 33.1 Å². The molecule has 4 nitrogen and oxygen atoms in total. The highest BCUT2D eigenvalue weighted by molar-refractivity contribution is 5.98. The van der Waals surface area contributed by atoms with Crippen LogP contribution in [-0.4, -0.2) is 25.2 Å². The van der Waals surface area contributed by atoms with Crippen molar-refractivity contribution in [2.24, 2.45) is 22.6 Å². The number of hydrogen-bond acceptors (Lipinski definition) is 4. The second kappa shape index (κ2) is 5.24. The quantitative estimate of drug-likeness (QED) is 0.909. The maximum absolute atomic E-state index is 6.25. The smallest absolute Gasteiger partial charge is 0.196 e. The van der Waals surface area contributed by atoms with Gasteiger partial charge in [0.1, 0.15) is 5.75 Å². The molecule has 0 aromatic heterocycles. The SMILES string of the molecule is COc1cccc(N2C(N)=NCC23CCCC(C)C3C)c1. The van der Waals surface area contributed by atoms with Gasteiger partial charge < -0.3 is 15.4 Å². The lowest BCUT2D eigenvalue weighted by molar-refractivity contribution is 0.159. The third-order valence-electron chi connectivity index (χ3n) is 5.47. The monoisotopic (exact) mass is 287 g/mol. The number of anilines is 1. The molecule has 0 bridgehead atoms. The molecule has 3 atom stereocenters. The van der Waals surface area contributed by atoms with Crippen molar-refractivity contribution in [1.29, 1.82) is 0 Å². The summed E-state index contributed by atoms with van der Waals surface area (Å²) >= 11 is 0. The first-order valence-corrected chi connectivity index (χ1v) is 7.83. The molecule has 1 aliphatic carbocycles. The van der Waals surface area contributed by atoms with Gasteiger partial charge in [-0.2, -0.15) is 0 Å². The molecule has 3 unspecified atom stereocenters. The van der Waals surface area contributed by atoms with Gasteiger partial charge in [0, 0.05) is 11.8 Å². The zero-order valence-electron chi connectivity index (χ0n) is 13.2. The fourth-order valence-corrected chi connectivity index (χ4v) is 4.00. The summed E-state index contributed by atoms with van der Waals surface area (Å²) in [6.07, 6.45) is 3.70. The molecule has 1 fully saturated rings. The number of hydrogen-bond donors (Lipinski definition) is 1. The van der Waals surface area contributed by atoms with E-state index in [1.54, 1.807) is 7.11 Å². The summed E-state index contributed by atoms with van der Waals surface area (Å²) in [7, 11) is 1.70. The van der Waals surface area contributed by atoms with Crippen molar-refractivity contribution >= 4 is 11.6 Å². The van der Waals surface area contributed by atoms with Crippen molar-refractivity contribution in [2.75, 3.05) is 18.6 Å². The second-order valence-corrected chi connectivity index (χ2v) is 6.47. The van der Waals surface area contributed by atoms with Gasteiger partial charge >= 0.3 is 0 Å². The molecule has 1 aromatic carbocycles. The number of guanidine groups is 1. The molecule has 1 spiro atoms. The van der Waals surface area contributed by atoms with Crippen molar-refractivity contribution in [2.45, 2.75) is 38.6 Å². The molecule has 2 aliphatic rings. The van der Waals surface area contributed by atoms with Crippen molar-refractivity contribution in [3.05, 3.63) is 24.3 Å². The lowest BCUT2D eigenvalue weighted by atomic mass is 9.67. The van der Waals surface area contributed by atoms with E-state index in [1.807, 2.05) is 12.1 Å². The molecule has 3 rings (SSSR count). The van der Waals surface area contributed by atoms with Crippen LogP contribution in [0.3, 0.4) is 0 Å². The number of aliphatic imine (C=N–C) groups is 1. The molecule has 0 amide bonds. The molecule has 1 aliphatic heterocycles. The third kappa shape index (κ3) is 2.17. The maximum Gasteiger partial charge on any atom is 0.196 e. The minimum absolute atomic E-state index is 0.0358. The van der Waals surface area contributed by atoms with E-state index >= 15 is 0 Å². The highest BCUT2D eigenvalue weighted by Gasteiger charge is 2.50. The Morgan fingerprint density at radius 1 is 1.38 bits per heavy atom.